The van der Waals surface area contributed by atoms with Crippen molar-refractivity contribution in [1.29, 1.82) is 0 Å². The Hall–Kier alpha value is -1.97. The average molecular weight is 187 g/mol. The third kappa shape index (κ3) is 1.31. The highest BCUT2D eigenvalue weighted by Crippen LogP contribution is 2.13. The van der Waals surface area contributed by atoms with Crippen LogP contribution in [0.2, 0.25) is 0 Å². The third-order valence-corrected chi connectivity index (χ3v) is 1.98. The van der Waals surface area contributed by atoms with Crippen LogP contribution in [0.5, 0.6) is 0 Å². The Labute approximate surface area is 81.0 Å². The van der Waals surface area contributed by atoms with E-state index in [1.54, 1.807) is 7.05 Å². The zero-order valence-corrected chi connectivity index (χ0v) is 7.69. The van der Waals surface area contributed by atoms with Crippen molar-refractivity contribution >= 4 is 16.8 Å². The molecule has 1 N–H and O–H groups in total. The van der Waals surface area contributed by atoms with Gasteiger partial charge in [-0.15, -0.1) is 0 Å². The van der Waals surface area contributed by atoms with Gasteiger partial charge in [0.25, 0.3) is 5.91 Å². The van der Waals surface area contributed by atoms with Crippen LogP contribution < -0.4 is 5.32 Å². The van der Waals surface area contributed by atoms with Crippen molar-refractivity contribution < 1.29 is 4.79 Å². The highest BCUT2D eigenvalue weighted by atomic mass is 16.1. The summed E-state index contributed by atoms with van der Waals surface area (Å²) in [5.74, 6) is -0.191. The minimum Gasteiger partial charge on any atom is -0.354 e. The number of carbonyl (C=O) groups is 1. The van der Waals surface area contributed by atoms with E-state index in [0.29, 0.717) is 5.69 Å². The fourth-order valence-corrected chi connectivity index (χ4v) is 1.30. The molecule has 1 heterocycles. The van der Waals surface area contributed by atoms with Crippen molar-refractivity contribution in [1.82, 2.24) is 15.3 Å². The summed E-state index contributed by atoms with van der Waals surface area (Å²) < 4.78 is 0. The summed E-state index contributed by atoms with van der Waals surface area (Å²) >= 11 is 0. The van der Waals surface area contributed by atoms with Gasteiger partial charge in [0, 0.05) is 12.4 Å². The van der Waals surface area contributed by atoms with E-state index >= 15 is 0 Å². The second-order valence-electron chi connectivity index (χ2n) is 2.82. The predicted molar refractivity (Wildman–Crippen MR) is 52.9 cm³/mol. The van der Waals surface area contributed by atoms with Gasteiger partial charge in [-0.2, -0.15) is 0 Å². The largest absolute Gasteiger partial charge is 0.354 e. The topological polar surface area (TPSA) is 54.9 Å². The van der Waals surface area contributed by atoms with Gasteiger partial charge in [0.15, 0.2) is 0 Å². The van der Waals surface area contributed by atoms with Gasteiger partial charge in [0.1, 0.15) is 12.0 Å². The summed E-state index contributed by atoms with van der Waals surface area (Å²) in [6.45, 7) is 0. The molecule has 14 heavy (non-hydrogen) atoms. The van der Waals surface area contributed by atoms with Crippen LogP contribution in [-0.4, -0.2) is 22.9 Å². The summed E-state index contributed by atoms with van der Waals surface area (Å²) in [5.41, 5.74) is 1.19. The molecular weight excluding hydrogens is 178 g/mol. The lowest BCUT2D eigenvalue weighted by atomic mass is 10.2. The highest BCUT2D eigenvalue weighted by molar-refractivity contribution is 6.03. The lowest BCUT2D eigenvalue weighted by Crippen LogP contribution is -2.19. The van der Waals surface area contributed by atoms with E-state index in [1.807, 2.05) is 24.3 Å². The first-order valence-corrected chi connectivity index (χ1v) is 4.25. The number of para-hydroxylation sites is 1. The van der Waals surface area contributed by atoms with Crippen LogP contribution in [0, 0.1) is 0 Å². The van der Waals surface area contributed by atoms with Crippen molar-refractivity contribution in [3.8, 4) is 0 Å². The molecule has 0 spiro atoms. The summed E-state index contributed by atoms with van der Waals surface area (Å²) in [7, 11) is 1.58. The quantitative estimate of drug-likeness (QED) is 0.724. The number of nitrogens with one attached hydrogen (secondary N) is 1. The summed E-state index contributed by atoms with van der Waals surface area (Å²) in [6, 6.07) is 7.42. The Morgan fingerprint density at radius 1 is 1.29 bits per heavy atom. The molecule has 0 fully saturated rings. The molecule has 0 atom stereocenters. The molecule has 0 aliphatic heterocycles. The summed E-state index contributed by atoms with van der Waals surface area (Å²) in [5, 5.41) is 3.32. The highest BCUT2D eigenvalue weighted by Gasteiger charge is 2.09. The van der Waals surface area contributed by atoms with Crippen LogP contribution in [0.3, 0.4) is 0 Å². The van der Waals surface area contributed by atoms with Gasteiger partial charge in [-0.25, -0.2) is 9.97 Å². The Morgan fingerprint density at radius 2 is 2.07 bits per heavy atom. The number of carbonyl (C=O) groups excluding carboxylic acids is 1. The molecule has 4 heteroatoms. The van der Waals surface area contributed by atoms with Crippen LogP contribution in [0.15, 0.2) is 30.6 Å². The van der Waals surface area contributed by atoms with Gasteiger partial charge in [-0.1, -0.05) is 18.2 Å². The number of fused-ring (bicyclic) bond motifs is 1. The van der Waals surface area contributed by atoms with Gasteiger partial charge in [0.2, 0.25) is 0 Å². The molecule has 1 aromatic carbocycles. The van der Waals surface area contributed by atoms with Gasteiger partial charge in [-0.05, 0) is 6.07 Å². The zero-order chi connectivity index (χ0) is 9.97. The van der Waals surface area contributed by atoms with E-state index in [-0.39, 0.29) is 5.91 Å². The second kappa shape index (κ2) is 3.41. The monoisotopic (exact) mass is 187 g/mol. The number of benzene rings is 1. The van der Waals surface area contributed by atoms with Gasteiger partial charge in [-0.3, -0.25) is 4.79 Å². The van der Waals surface area contributed by atoms with Gasteiger partial charge in [0.05, 0.1) is 5.52 Å². The van der Waals surface area contributed by atoms with Gasteiger partial charge < -0.3 is 5.32 Å². The van der Waals surface area contributed by atoms with E-state index < -0.39 is 0 Å². The lowest BCUT2D eigenvalue weighted by Gasteiger charge is -2.02. The maximum Gasteiger partial charge on any atom is 0.270 e. The molecule has 2 rings (SSSR count). The predicted octanol–water partition coefficient (Wildman–Crippen LogP) is 0.989. The van der Waals surface area contributed by atoms with Crippen molar-refractivity contribution in [3.05, 3.63) is 36.3 Å². The van der Waals surface area contributed by atoms with Crippen molar-refractivity contribution in [2.24, 2.45) is 0 Å². The molecule has 0 aliphatic carbocycles. The van der Waals surface area contributed by atoms with Crippen LogP contribution >= 0.6 is 0 Å². The first-order chi connectivity index (χ1) is 6.83. The SMILES string of the molecule is CNC(=O)c1ncnc2ccccc12. The van der Waals surface area contributed by atoms with E-state index in [1.165, 1.54) is 6.33 Å². The number of hydrogen-bond donors (Lipinski definition) is 1. The standard InChI is InChI=1S/C10H9N3O/c1-11-10(14)9-7-4-2-3-5-8(7)12-6-13-9/h2-6H,1H3,(H,11,14). The zero-order valence-electron chi connectivity index (χ0n) is 7.69. The van der Waals surface area contributed by atoms with Crippen molar-refractivity contribution in [2.75, 3.05) is 7.05 Å². The third-order valence-electron chi connectivity index (χ3n) is 1.98. The van der Waals surface area contributed by atoms with Crippen LogP contribution in [0.25, 0.3) is 10.9 Å². The van der Waals surface area contributed by atoms with E-state index in [2.05, 4.69) is 15.3 Å². The molecule has 1 aromatic heterocycles. The first-order valence-electron chi connectivity index (χ1n) is 4.25. The maximum absolute atomic E-state index is 11.4. The molecule has 0 saturated heterocycles. The Kier molecular flexibility index (Phi) is 2.10. The fraction of sp³-hybridized carbons (Fsp3) is 0.100. The number of hydrogen-bond acceptors (Lipinski definition) is 3. The van der Waals surface area contributed by atoms with Crippen molar-refractivity contribution in [3.63, 3.8) is 0 Å². The van der Waals surface area contributed by atoms with E-state index in [0.717, 1.165) is 10.9 Å². The molecular formula is C10H9N3O. The molecule has 0 radical (unpaired) electrons. The normalized spacial score (nSPS) is 10.1. The molecule has 0 saturated carbocycles. The number of rotatable bonds is 1. The second-order valence-corrected chi connectivity index (χ2v) is 2.82. The molecule has 0 unspecified atom stereocenters. The molecule has 2 aromatic rings. The first kappa shape index (κ1) is 8.62. The number of aromatic nitrogens is 2. The minimum atomic E-state index is -0.191. The van der Waals surface area contributed by atoms with E-state index in [4.69, 9.17) is 0 Å². The average Bonchev–Trinajstić information content (AvgIpc) is 2.27. The summed E-state index contributed by atoms with van der Waals surface area (Å²) in [4.78, 5) is 19.4. The van der Waals surface area contributed by atoms with E-state index in [9.17, 15) is 4.79 Å². The molecule has 70 valence electrons. The lowest BCUT2D eigenvalue weighted by molar-refractivity contribution is 0.0960. The Bertz CT molecular complexity index is 476. The summed E-state index contributed by atoms with van der Waals surface area (Å²) in [6.07, 6.45) is 1.40. The Balaban J connectivity index is 2.71. The molecule has 4 nitrogen and oxygen atoms in total. The maximum atomic E-state index is 11.4. The fourth-order valence-electron chi connectivity index (χ4n) is 1.30. The van der Waals surface area contributed by atoms with Crippen LogP contribution in [0.1, 0.15) is 10.5 Å². The number of amides is 1. The van der Waals surface area contributed by atoms with Crippen molar-refractivity contribution in [2.45, 2.75) is 0 Å². The molecule has 1 amide bonds. The number of nitrogens with zero attached hydrogens (tertiary/aromatic N) is 2. The minimum absolute atomic E-state index is 0.191. The smallest absolute Gasteiger partial charge is 0.270 e. The van der Waals surface area contributed by atoms with Crippen LogP contribution in [-0.2, 0) is 0 Å². The molecule has 0 bridgehead atoms. The van der Waals surface area contributed by atoms with Gasteiger partial charge >= 0.3 is 0 Å². The molecule has 0 aliphatic rings. The van der Waals surface area contributed by atoms with Crippen LogP contribution in [0.4, 0.5) is 0 Å². The Morgan fingerprint density at radius 3 is 2.86 bits per heavy atom.